The lowest BCUT2D eigenvalue weighted by atomic mass is 10.2. The van der Waals surface area contributed by atoms with Crippen LogP contribution in [0, 0.1) is 10.1 Å². The van der Waals surface area contributed by atoms with Gasteiger partial charge in [-0.05, 0) is 43.0 Å². The number of imidazole rings is 1. The van der Waals surface area contributed by atoms with Gasteiger partial charge in [-0.15, -0.1) is 0 Å². The maximum atomic E-state index is 11.4. The SMILES string of the molecule is O=[N+]([O-])c1c(NC[C@H](c2ccco2)N2CCCC2)nc2sccn12. The van der Waals surface area contributed by atoms with Crippen LogP contribution in [0.2, 0.25) is 0 Å². The molecule has 0 aliphatic carbocycles. The zero-order valence-corrected chi connectivity index (χ0v) is 13.7. The molecule has 0 bridgehead atoms. The molecule has 0 saturated carbocycles. The molecule has 0 aromatic carbocycles. The molecule has 1 saturated heterocycles. The third kappa shape index (κ3) is 2.65. The van der Waals surface area contributed by atoms with Gasteiger partial charge in [0, 0.05) is 11.9 Å². The van der Waals surface area contributed by atoms with Gasteiger partial charge in [0.15, 0.2) is 0 Å². The van der Waals surface area contributed by atoms with Crippen molar-refractivity contribution < 1.29 is 9.34 Å². The van der Waals surface area contributed by atoms with Gasteiger partial charge in [0.25, 0.3) is 4.96 Å². The fourth-order valence-corrected chi connectivity index (χ4v) is 3.91. The van der Waals surface area contributed by atoms with Gasteiger partial charge in [0.05, 0.1) is 12.3 Å². The Balaban J connectivity index is 1.59. The second-order valence-corrected chi connectivity index (χ2v) is 6.62. The molecular formula is C15H17N5O3S. The quantitative estimate of drug-likeness (QED) is 0.544. The fourth-order valence-electron chi connectivity index (χ4n) is 3.20. The van der Waals surface area contributed by atoms with E-state index >= 15 is 0 Å². The third-order valence-corrected chi connectivity index (χ3v) is 5.08. The highest BCUT2D eigenvalue weighted by atomic mass is 32.1. The average molecular weight is 347 g/mol. The van der Waals surface area contributed by atoms with Crippen LogP contribution in [-0.4, -0.2) is 38.8 Å². The van der Waals surface area contributed by atoms with Crippen molar-refractivity contribution in [1.29, 1.82) is 0 Å². The van der Waals surface area contributed by atoms with Crippen LogP contribution in [0.1, 0.15) is 24.6 Å². The van der Waals surface area contributed by atoms with E-state index in [1.807, 2.05) is 12.1 Å². The zero-order chi connectivity index (χ0) is 16.5. The molecule has 0 radical (unpaired) electrons. The van der Waals surface area contributed by atoms with E-state index in [0.29, 0.717) is 17.3 Å². The molecule has 8 nitrogen and oxygen atoms in total. The molecule has 1 atom stereocenters. The van der Waals surface area contributed by atoms with Gasteiger partial charge < -0.3 is 19.8 Å². The van der Waals surface area contributed by atoms with Crippen LogP contribution in [0.5, 0.6) is 0 Å². The predicted molar refractivity (Wildman–Crippen MR) is 90.5 cm³/mol. The number of thiazole rings is 1. The first-order valence-electron chi connectivity index (χ1n) is 7.85. The van der Waals surface area contributed by atoms with E-state index in [9.17, 15) is 10.1 Å². The summed E-state index contributed by atoms with van der Waals surface area (Å²) < 4.78 is 7.08. The van der Waals surface area contributed by atoms with Crippen LogP contribution in [0.4, 0.5) is 11.6 Å². The monoisotopic (exact) mass is 347 g/mol. The second-order valence-electron chi connectivity index (χ2n) is 5.75. The summed E-state index contributed by atoms with van der Waals surface area (Å²) in [6, 6.07) is 3.86. The largest absolute Gasteiger partial charge is 0.468 e. The molecule has 24 heavy (non-hydrogen) atoms. The van der Waals surface area contributed by atoms with Crippen molar-refractivity contribution >= 4 is 27.9 Å². The smallest absolute Gasteiger partial charge is 0.372 e. The van der Waals surface area contributed by atoms with Gasteiger partial charge in [-0.2, -0.15) is 9.38 Å². The number of fused-ring (bicyclic) bond motifs is 1. The summed E-state index contributed by atoms with van der Waals surface area (Å²) >= 11 is 1.38. The number of furan rings is 1. The first-order valence-corrected chi connectivity index (χ1v) is 8.73. The van der Waals surface area contributed by atoms with Crippen LogP contribution in [-0.2, 0) is 0 Å². The van der Waals surface area contributed by atoms with Crippen molar-refractivity contribution in [2.45, 2.75) is 18.9 Å². The topological polar surface area (TPSA) is 88.8 Å². The summed E-state index contributed by atoms with van der Waals surface area (Å²) in [7, 11) is 0. The number of nitrogens with zero attached hydrogens (tertiary/aromatic N) is 4. The third-order valence-electron chi connectivity index (χ3n) is 4.33. The Morgan fingerprint density at radius 3 is 3.00 bits per heavy atom. The van der Waals surface area contributed by atoms with Gasteiger partial charge in [-0.1, -0.05) is 11.3 Å². The summed E-state index contributed by atoms with van der Waals surface area (Å²) in [6.45, 7) is 2.53. The minimum absolute atomic E-state index is 0.0223. The molecule has 1 aliphatic heterocycles. The summed E-state index contributed by atoms with van der Waals surface area (Å²) in [5.74, 6) is 1.15. The number of aromatic nitrogens is 2. The average Bonchev–Trinajstić information content (AvgIpc) is 3.33. The highest BCUT2D eigenvalue weighted by Gasteiger charge is 2.28. The van der Waals surface area contributed by atoms with E-state index < -0.39 is 4.92 Å². The Hall–Kier alpha value is -2.39. The first-order chi connectivity index (χ1) is 11.7. The van der Waals surface area contributed by atoms with Crippen molar-refractivity contribution in [3.05, 3.63) is 45.8 Å². The van der Waals surface area contributed by atoms with Crippen molar-refractivity contribution in [1.82, 2.24) is 14.3 Å². The first kappa shape index (κ1) is 15.2. The molecule has 0 amide bonds. The summed E-state index contributed by atoms with van der Waals surface area (Å²) in [6.07, 6.45) is 5.66. The van der Waals surface area contributed by atoms with E-state index in [-0.39, 0.29) is 11.9 Å². The van der Waals surface area contributed by atoms with E-state index in [2.05, 4.69) is 15.2 Å². The van der Waals surface area contributed by atoms with Gasteiger partial charge in [-0.3, -0.25) is 4.90 Å². The number of likely N-dealkylation sites (tertiary alicyclic amines) is 1. The molecule has 1 aliphatic rings. The minimum atomic E-state index is -0.396. The Labute approximate surface area is 141 Å². The van der Waals surface area contributed by atoms with Crippen LogP contribution < -0.4 is 5.32 Å². The highest BCUT2D eigenvalue weighted by Crippen LogP contribution is 2.30. The molecular weight excluding hydrogens is 330 g/mol. The molecule has 4 heterocycles. The lowest BCUT2D eigenvalue weighted by molar-refractivity contribution is -0.389. The number of nitrogens with one attached hydrogen (secondary N) is 1. The van der Waals surface area contributed by atoms with Crippen LogP contribution in [0.3, 0.4) is 0 Å². The molecule has 0 unspecified atom stereocenters. The van der Waals surface area contributed by atoms with Crippen molar-refractivity contribution in [3.63, 3.8) is 0 Å². The van der Waals surface area contributed by atoms with Crippen molar-refractivity contribution in [3.8, 4) is 0 Å². The highest BCUT2D eigenvalue weighted by molar-refractivity contribution is 7.15. The zero-order valence-electron chi connectivity index (χ0n) is 12.9. The maximum Gasteiger partial charge on any atom is 0.372 e. The van der Waals surface area contributed by atoms with Crippen LogP contribution in [0.15, 0.2) is 34.4 Å². The van der Waals surface area contributed by atoms with E-state index in [0.717, 1.165) is 31.7 Å². The maximum absolute atomic E-state index is 11.4. The Bertz CT molecular complexity index is 835. The second kappa shape index (κ2) is 6.25. The number of hydrogen-bond acceptors (Lipinski definition) is 7. The van der Waals surface area contributed by atoms with Gasteiger partial charge in [0.2, 0.25) is 5.82 Å². The Morgan fingerprint density at radius 2 is 2.29 bits per heavy atom. The molecule has 1 fully saturated rings. The van der Waals surface area contributed by atoms with Crippen LogP contribution in [0.25, 0.3) is 4.96 Å². The Kier molecular flexibility index (Phi) is 3.95. The normalized spacial score (nSPS) is 16.7. The van der Waals surface area contributed by atoms with Gasteiger partial charge in [-0.25, -0.2) is 0 Å². The van der Waals surface area contributed by atoms with E-state index in [4.69, 9.17) is 4.42 Å². The number of hydrogen-bond donors (Lipinski definition) is 1. The summed E-state index contributed by atoms with van der Waals surface area (Å²) in [5.41, 5.74) is 0. The predicted octanol–water partition coefficient (Wildman–Crippen LogP) is 3.15. The van der Waals surface area contributed by atoms with E-state index in [1.165, 1.54) is 15.7 Å². The lowest BCUT2D eigenvalue weighted by Crippen LogP contribution is -2.30. The molecule has 3 aromatic rings. The lowest BCUT2D eigenvalue weighted by Gasteiger charge is -2.25. The molecule has 9 heteroatoms. The molecule has 126 valence electrons. The standard InChI is InChI=1S/C15H17N5O3S/c21-20(22)14-13(17-15-19(14)7-9-24-15)16-10-11(12-4-3-8-23-12)18-5-1-2-6-18/h3-4,7-9,11,16H,1-2,5-6,10H2/t11-/m1/s1. The summed E-state index contributed by atoms with van der Waals surface area (Å²) in [4.78, 5) is 18.3. The van der Waals surface area contributed by atoms with Gasteiger partial charge in [0.1, 0.15) is 12.0 Å². The number of nitro groups is 1. The van der Waals surface area contributed by atoms with Crippen molar-refractivity contribution in [2.75, 3.05) is 25.0 Å². The summed E-state index contributed by atoms with van der Waals surface area (Å²) in [5, 5.41) is 16.4. The van der Waals surface area contributed by atoms with Crippen molar-refractivity contribution in [2.24, 2.45) is 0 Å². The molecule has 0 spiro atoms. The fraction of sp³-hybridized carbons (Fsp3) is 0.400. The molecule has 1 N–H and O–H groups in total. The molecule has 4 rings (SSSR count). The minimum Gasteiger partial charge on any atom is -0.468 e. The number of anilines is 1. The number of rotatable bonds is 6. The Morgan fingerprint density at radius 1 is 1.46 bits per heavy atom. The molecule has 3 aromatic heterocycles. The van der Waals surface area contributed by atoms with Gasteiger partial charge >= 0.3 is 5.82 Å². The van der Waals surface area contributed by atoms with E-state index in [1.54, 1.807) is 17.8 Å². The van der Waals surface area contributed by atoms with Crippen LogP contribution >= 0.6 is 11.3 Å².